The van der Waals surface area contributed by atoms with Gasteiger partial charge < -0.3 is 20.7 Å². The van der Waals surface area contributed by atoms with Gasteiger partial charge in [0.25, 0.3) is 0 Å². The molecule has 0 unspecified atom stereocenters. The number of anilines is 3. The molecule has 0 saturated heterocycles. The minimum absolute atomic E-state index is 0.0454. The van der Waals surface area contributed by atoms with Crippen LogP contribution in [0.3, 0.4) is 0 Å². The fourth-order valence-electron chi connectivity index (χ4n) is 2.28. The fraction of sp³-hybridized carbons (Fsp3) is 0.263. The zero-order chi connectivity index (χ0) is 18.2. The quantitative estimate of drug-likeness (QED) is 0.721. The van der Waals surface area contributed by atoms with Crippen molar-refractivity contribution in [1.82, 2.24) is 0 Å². The number of hydrogen-bond donors (Lipinski definition) is 3. The molecule has 2 aromatic rings. The second-order valence-electron chi connectivity index (χ2n) is 5.51. The number of rotatable bonds is 7. The van der Waals surface area contributed by atoms with E-state index in [1.807, 2.05) is 37.3 Å². The highest BCUT2D eigenvalue weighted by molar-refractivity contribution is 5.95. The molecule has 0 radical (unpaired) electrons. The van der Waals surface area contributed by atoms with Crippen LogP contribution in [0.1, 0.15) is 18.9 Å². The predicted molar refractivity (Wildman–Crippen MR) is 100 cm³/mol. The Hall–Kier alpha value is -3.02. The first kappa shape index (κ1) is 18.3. The van der Waals surface area contributed by atoms with Crippen molar-refractivity contribution in [2.45, 2.75) is 20.3 Å². The minimum Gasteiger partial charge on any atom is -0.497 e. The Balaban J connectivity index is 1.97. The van der Waals surface area contributed by atoms with Gasteiger partial charge in [0, 0.05) is 29.5 Å². The molecule has 6 heteroatoms. The van der Waals surface area contributed by atoms with Crippen LogP contribution in [-0.2, 0) is 9.59 Å². The molecule has 0 aliphatic heterocycles. The average Bonchev–Trinajstić information content (AvgIpc) is 2.62. The van der Waals surface area contributed by atoms with Crippen molar-refractivity contribution in [3.8, 4) is 5.75 Å². The Morgan fingerprint density at radius 3 is 2.44 bits per heavy atom. The van der Waals surface area contributed by atoms with Gasteiger partial charge in [-0.1, -0.05) is 19.1 Å². The average molecular weight is 341 g/mol. The van der Waals surface area contributed by atoms with Crippen LogP contribution in [-0.4, -0.2) is 25.5 Å². The van der Waals surface area contributed by atoms with Crippen molar-refractivity contribution in [3.63, 3.8) is 0 Å². The minimum atomic E-state index is -0.171. The molecule has 0 aliphatic rings. The van der Waals surface area contributed by atoms with E-state index in [-0.39, 0.29) is 18.4 Å². The van der Waals surface area contributed by atoms with Crippen LogP contribution < -0.4 is 20.7 Å². The summed E-state index contributed by atoms with van der Waals surface area (Å²) >= 11 is 0. The van der Waals surface area contributed by atoms with Gasteiger partial charge in [0.05, 0.1) is 13.7 Å². The Morgan fingerprint density at radius 1 is 1.00 bits per heavy atom. The van der Waals surface area contributed by atoms with Gasteiger partial charge in [-0.2, -0.15) is 0 Å². The molecule has 0 spiro atoms. The van der Waals surface area contributed by atoms with Gasteiger partial charge >= 0.3 is 0 Å². The molecule has 0 fully saturated rings. The summed E-state index contributed by atoms with van der Waals surface area (Å²) in [7, 11) is 1.58. The Morgan fingerprint density at radius 2 is 1.72 bits per heavy atom. The first-order valence-electron chi connectivity index (χ1n) is 8.10. The Labute approximate surface area is 147 Å². The molecule has 0 atom stereocenters. The fourth-order valence-corrected chi connectivity index (χ4v) is 2.28. The number of amides is 2. The number of hydrogen-bond acceptors (Lipinski definition) is 4. The molecule has 2 rings (SSSR count). The smallest absolute Gasteiger partial charge is 0.243 e. The second kappa shape index (κ2) is 8.73. The normalized spacial score (nSPS) is 10.0. The summed E-state index contributed by atoms with van der Waals surface area (Å²) in [6.45, 7) is 3.81. The van der Waals surface area contributed by atoms with Crippen LogP contribution >= 0.6 is 0 Å². The SMILES string of the molecule is CCC(=O)Nc1cccc(NCC(=O)Nc2cccc(OC)c2)c1C. The first-order valence-corrected chi connectivity index (χ1v) is 8.10. The van der Waals surface area contributed by atoms with E-state index in [9.17, 15) is 9.59 Å². The van der Waals surface area contributed by atoms with Crippen LogP contribution in [0.25, 0.3) is 0 Å². The largest absolute Gasteiger partial charge is 0.497 e. The monoisotopic (exact) mass is 341 g/mol. The van der Waals surface area contributed by atoms with Crippen LogP contribution in [0.4, 0.5) is 17.1 Å². The summed E-state index contributed by atoms with van der Waals surface area (Å²) in [4.78, 5) is 23.7. The zero-order valence-electron chi connectivity index (χ0n) is 14.7. The highest BCUT2D eigenvalue weighted by atomic mass is 16.5. The molecular weight excluding hydrogens is 318 g/mol. The van der Waals surface area contributed by atoms with Crippen molar-refractivity contribution in [1.29, 1.82) is 0 Å². The molecule has 0 heterocycles. The third-order valence-corrected chi connectivity index (χ3v) is 3.72. The van der Waals surface area contributed by atoms with Gasteiger partial charge in [-0.3, -0.25) is 9.59 Å². The standard InChI is InChI=1S/C19H23N3O3/c1-4-18(23)22-17-10-6-9-16(13(17)2)20-12-19(24)21-14-7-5-8-15(11-14)25-3/h5-11,20H,4,12H2,1-3H3,(H,21,24)(H,22,23). The lowest BCUT2D eigenvalue weighted by Gasteiger charge is -2.14. The maximum Gasteiger partial charge on any atom is 0.243 e. The number of nitrogens with one attached hydrogen (secondary N) is 3. The molecular formula is C19H23N3O3. The lowest BCUT2D eigenvalue weighted by molar-refractivity contribution is -0.116. The molecule has 0 saturated carbocycles. The third kappa shape index (κ3) is 5.24. The Bertz CT molecular complexity index is 759. The van der Waals surface area contributed by atoms with Crippen molar-refractivity contribution < 1.29 is 14.3 Å². The number of ether oxygens (including phenoxy) is 1. The van der Waals surface area contributed by atoms with Gasteiger partial charge in [0.1, 0.15) is 5.75 Å². The van der Waals surface area contributed by atoms with Gasteiger partial charge in [-0.05, 0) is 36.8 Å². The van der Waals surface area contributed by atoms with Gasteiger partial charge in [-0.25, -0.2) is 0 Å². The van der Waals surface area contributed by atoms with E-state index >= 15 is 0 Å². The van der Waals surface area contributed by atoms with Gasteiger partial charge in [-0.15, -0.1) is 0 Å². The maximum atomic E-state index is 12.1. The molecule has 132 valence electrons. The topological polar surface area (TPSA) is 79.5 Å². The molecule has 6 nitrogen and oxygen atoms in total. The molecule has 0 aliphatic carbocycles. The van der Waals surface area contributed by atoms with Crippen molar-refractivity contribution in [2.24, 2.45) is 0 Å². The van der Waals surface area contributed by atoms with Crippen LogP contribution in [0.2, 0.25) is 0 Å². The number of benzene rings is 2. The molecule has 2 aromatic carbocycles. The van der Waals surface area contributed by atoms with Crippen molar-refractivity contribution in [2.75, 3.05) is 29.6 Å². The number of carbonyl (C=O) groups excluding carboxylic acids is 2. The predicted octanol–water partition coefficient (Wildman–Crippen LogP) is 3.40. The van der Waals surface area contributed by atoms with E-state index in [1.54, 1.807) is 26.2 Å². The second-order valence-corrected chi connectivity index (χ2v) is 5.51. The summed E-state index contributed by atoms with van der Waals surface area (Å²) in [6.07, 6.45) is 0.417. The van der Waals surface area contributed by atoms with Crippen LogP contribution in [0.15, 0.2) is 42.5 Å². The summed E-state index contributed by atoms with van der Waals surface area (Å²) in [5.74, 6) is 0.465. The number of carbonyl (C=O) groups is 2. The first-order chi connectivity index (χ1) is 12.0. The van der Waals surface area contributed by atoms with Crippen molar-refractivity contribution in [3.05, 3.63) is 48.0 Å². The van der Waals surface area contributed by atoms with E-state index in [4.69, 9.17) is 4.74 Å². The van der Waals surface area contributed by atoms with Crippen LogP contribution in [0, 0.1) is 6.92 Å². The van der Waals surface area contributed by atoms with E-state index in [0.29, 0.717) is 17.9 Å². The van der Waals surface area contributed by atoms with E-state index in [2.05, 4.69) is 16.0 Å². The van der Waals surface area contributed by atoms with Gasteiger partial charge in [0.2, 0.25) is 11.8 Å². The lowest BCUT2D eigenvalue weighted by atomic mass is 10.1. The summed E-state index contributed by atoms with van der Waals surface area (Å²) in [6, 6.07) is 12.7. The summed E-state index contributed by atoms with van der Waals surface area (Å²) in [5.41, 5.74) is 3.10. The summed E-state index contributed by atoms with van der Waals surface area (Å²) < 4.78 is 5.13. The molecule has 2 amide bonds. The molecule has 0 bridgehead atoms. The van der Waals surface area contributed by atoms with Crippen LogP contribution in [0.5, 0.6) is 5.75 Å². The van der Waals surface area contributed by atoms with E-state index < -0.39 is 0 Å². The molecule has 25 heavy (non-hydrogen) atoms. The lowest BCUT2D eigenvalue weighted by Crippen LogP contribution is -2.22. The number of methoxy groups -OCH3 is 1. The van der Waals surface area contributed by atoms with Crippen molar-refractivity contribution >= 4 is 28.9 Å². The summed E-state index contributed by atoms with van der Waals surface area (Å²) in [5, 5.41) is 8.76. The zero-order valence-corrected chi connectivity index (χ0v) is 14.7. The highest BCUT2D eigenvalue weighted by Gasteiger charge is 2.08. The third-order valence-electron chi connectivity index (χ3n) is 3.72. The highest BCUT2D eigenvalue weighted by Crippen LogP contribution is 2.23. The molecule has 3 N–H and O–H groups in total. The Kier molecular flexibility index (Phi) is 6.39. The van der Waals surface area contributed by atoms with E-state index in [0.717, 1.165) is 16.9 Å². The molecule has 0 aromatic heterocycles. The maximum absolute atomic E-state index is 12.1. The van der Waals surface area contributed by atoms with Gasteiger partial charge in [0.15, 0.2) is 0 Å². The van der Waals surface area contributed by atoms with E-state index in [1.165, 1.54) is 0 Å².